The first-order valence-electron chi connectivity index (χ1n) is 14.2. The van der Waals surface area contributed by atoms with Crippen molar-refractivity contribution >= 4 is 64.9 Å². The first kappa shape index (κ1) is 22.4. The fourth-order valence-corrected chi connectivity index (χ4v) is 6.92. The topological polar surface area (TPSA) is 4.93 Å². The molecule has 0 saturated carbocycles. The van der Waals surface area contributed by atoms with Crippen molar-refractivity contribution in [3.8, 4) is 16.8 Å². The molecule has 0 aliphatic heterocycles. The van der Waals surface area contributed by atoms with E-state index in [-0.39, 0.29) is 0 Å². The monoisotopic (exact) mass is 519 g/mol. The van der Waals surface area contributed by atoms with Crippen molar-refractivity contribution in [2.75, 3.05) is 0 Å². The van der Waals surface area contributed by atoms with Crippen molar-refractivity contribution in [3.63, 3.8) is 0 Å². The van der Waals surface area contributed by atoms with Crippen LogP contribution in [0.15, 0.2) is 152 Å². The molecule has 190 valence electrons. The zero-order valence-corrected chi connectivity index (χ0v) is 22.4. The Kier molecular flexibility index (Phi) is 4.67. The quantitative estimate of drug-likeness (QED) is 0.200. The van der Waals surface area contributed by atoms with Gasteiger partial charge in [-0.15, -0.1) is 0 Å². The van der Waals surface area contributed by atoms with Crippen LogP contribution in [0.5, 0.6) is 0 Å². The summed E-state index contributed by atoms with van der Waals surface area (Å²) in [5.74, 6) is 0. The summed E-state index contributed by atoms with van der Waals surface area (Å²) in [4.78, 5) is 0. The van der Waals surface area contributed by atoms with Crippen LogP contribution in [-0.4, -0.2) is 4.57 Å². The molecule has 0 amide bonds. The van der Waals surface area contributed by atoms with Crippen LogP contribution >= 0.6 is 0 Å². The van der Waals surface area contributed by atoms with Crippen molar-refractivity contribution in [3.05, 3.63) is 152 Å². The summed E-state index contributed by atoms with van der Waals surface area (Å²) in [6.07, 6.45) is 0. The Morgan fingerprint density at radius 2 is 0.927 bits per heavy atom. The Labute approximate surface area is 237 Å². The smallest absolute Gasteiger partial charge is 0.0547 e. The number of nitrogens with zero attached hydrogens (tertiary/aromatic N) is 1. The van der Waals surface area contributed by atoms with Crippen LogP contribution in [0.25, 0.3) is 81.7 Å². The summed E-state index contributed by atoms with van der Waals surface area (Å²) in [6, 6.07) is 55.5. The minimum absolute atomic E-state index is 1.18. The highest BCUT2D eigenvalue weighted by Crippen LogP contribution is 2.42. The Morgan fingerprint density at radius 1 is 0.317 bits per heavy atom. The summed E-state index contributed by atoms with van der Waals surface area (Å²) in [5, 5.41) is 12.9. The first-order valence-corrected chi connectivity index (χ1v) is 14.2. The maximum Gasteiger partial charge on any atom is 0.0547 e. The number of aromatic nitrogens is 1. The standard InChI is InChI=1S/C40H25N/c1-2-13-28(14-3-1)41-39-20-9-8-18-34(39)38-24-36-33-22-21-27(30-19-10-12-26-11-4-5-15-29(26)30)23-35(33)31-16-6-7-17-32(31)37(36)25-40(38)41/h1-25H. The van der Waals surface area contributed by atoms with Gasteiger partial charge in [-0.25, -0.2) is 0 Å². The number of hydrogen-bond donors (Lipinski definition) is 0. The molecule has 0 atom stereocenters. The van der Waals surface area contributed by atoms with Crippen LogP contribution in [0.1, 0.15) is 0 Å². The Hall–Kier alpha value is -5.40. The highest BCUT2D eigenvalue weighted by Gasteiger charge is 2.17. The first-order chi connectivity index (χ1) is 20.3. The average molecular weight is 520 g/mol. The summed E-state index contributed by atoms with van der Waals surface area (Å²) < 4.78 is 2.41. The minimum atomic E-state index is 1.18. The van der Waals surface area contributed by atoms with E-state index >= 15 is 0 Å². The number of rotatable bonds is 2. The molecule has 0 fully saturated rings. The highest BCUT2D eigenvalue weighted by molar-refractivity contribution is 6.29. The van der Waals surface area contributed by atoms with Crippen LogP contribution in [0.2, 0.25) is 0 Å². The second-order valence-corrected chi connectivity index (χ2v) is 10.9. The minimum Gasteiger partial charge on any atom is -0.309 e. The molecular weight excluding hydrogens is 494 g/mol. The Bertz CT molecular complexity index is 2460. The van der Waals surface area contributed by atoms with Crippen LogP contribution in [-0.2, 0) is 0 Å². The predicted octanol–water partition coefficient (Wildman–Crippen LogP) is 11.1. The molecule has 0 spiro atoms. The number of hydrogen-bond acceptors (Lipinski definition) is 0. The van der Waals surface area contributed by atoms with E-state index < -0.39 is 0 Å². The molecule has 0 N–H and O–H groups in total. The van der Waals surface area contributed by atoms with Gasteiger partial charge in [0.15, 0.2) is 0 Å². The molecular formula is C40H25N. The molecule has 9 rings (SSSR count). The molecule has 0 saturated heterocycles. The molecule has 1 heterocycles. The van der Waals surface area contributed by atoms with Crippen molar-refractivity contribution in [1.82, 2.24) is 4.57 Å². The van der Waals surface area contributed by atoms with Gasteiger partial charge in [-0.2, -0.15) is 0 Å². The fraction of sp³-hybridized carbons (Fsp3) is 0. The van der Waals surface area contributed by atoms with E-state index in [0.29, 0.717) is 0 Å². The van der Waals surface area contributed by atoms with Gasteiger partial charge in [0, 0.05) is 16.5 Å². The number of para-hydroxylation sites is 2. The third-order valence-electron chi connectivity index (χ3n) is 8.74. The fourth-order valence-electron chi connectivity index (χ4n) is 6.92. The molecule has 1 nitrogen and oxygen atoms in total. The Balaban J connectivity index is 1.42. The van der Waals surface area contributed by atoms with E-state index in [1.807, 2.05) is 0 Å². The van der Waals surface area contributed by atoms with E-state index in [2.05, 4.69) is 156 Å². The molecule has 0 radical (unpaired) electrons. The summed E-state index contributed by atoms with van der Waals surface area (Å²) in [5.41, 5.74) is 6.18. The highest BCUT2D eigenvalue weighted by atomic mass is 15.0. The summed E-state index contributed by atoms with van der Waals surface area (Å²) >= 11 is 0. The van der Waals surface area contributed by atoms with Crippen LogP contribution < -0.4 is 0 Å². The lowest BCUT2D eigenvalue weighted by molar-refractivity contribution is 1.18. The van der Waals surface area contributed by atoms with Gasteiger partial charge in [0.2, 0.25) is 0 Å². The Morgan fingerprint density at radius 3 is 1.76 bits per heavy atom. The third-order valence-corrected chi connectivity index (χ3v) is 8.74. The van der Waals surface area contributed by atoms with Crippen LogP contribution in [0.4, 0.5) is 0 Å². The van der Waals surface area contributed by atoms with Gasteiger partial charge in [-0.1, -0.05) is 115 Å². The van der Waals surface area contributed by atoms with Crippen molar-refractivity contribution < 1.29 is 0 Å². The van der Waals surface area contributed by atoms with Gasteiger partial charge in [0.05, 0.1) is 11.0 Å². The number of fused-ring (bicyclic) bond motifs is 10. The van der Waals surface area contributed by atoms with Crippen LogP contribution in [0.3, 0.4) is 0 Å². The van der Waals surface area contributed by atoms with Crippen LogP contribution in [0, 0.1) is 0 Å². The lowest BCUT2D eigenvalue weighted by Crippen LogP contribution is -1.93. The van der Waals surface area contributed by atoms with Gasteiger partial charge in [-0.3, -0.25) is 0 Å². The second kappa shape index (κ2) is 8.55. The van der Waals surface area contributed by atoms with Gasteiger partial charge in [0.1, 0.15) is 0 Å². The molecule has 0 unspecified atom stereocenters. The molecule has 1 heteroatoms. The number of benzene rings is 8. The van der Waals surface area contributed by atoms with E-state index in [0.717, 1.165) is 0 Å². The van der Waals surface area contributed by atoms with E-state index in [1.54, 1.807) is 0 Å². The largest absolute Gasteiger partial charge is 0.309 e. The lowest BCUT2D eigenvalue weighted by Gasteiger charge is -2.14. The van der Waals surface area contributed by atoms with E-state index in [4.69, 9.17) is 0 Å². The van der Waals surface area contributed by atoms with E-state index in [9.17, 15) is 0 Å². The van der Waals surface area contributed by atoms with E-state index in [1.165, 1.54) is 81.7 Å². The maximum absolute atomic E-state index is 2.43. The third kappa shape index (κ3) is 3.24. The van der Waals surface area contributed by atoms with Crippen molar-refractivity contribution in [2.45, 2.75) is 0 Å². The maximum atomic E-state index is 2.43. The molecule has 1 aromatic heterocycles. The summed E-state index contributed by atoms with van der Waals surface area (Å²) in [7, 11) is 0. The average Bonchev–Trinajstić information content (AvgIpc) is 3.37. The second-order valence-electron chi connectivity index (χ2n) is 10.9. The molecule has 9 aromatic rings. The van der Waals surface area contributed by atoms with Gasteiger partial charge in [0.25, 0.3) is 0 Å². The molecule has 8 aromatic carbocycles. The SMILES string of the molecule is c1ccc(-n2c3ccccc3c3cc4c5ccc(-c6cccc7ccccc67)cc5c5ccccc5c4cc32)cc1. The predicted molar refractivity (Wildman–Crippen MR) is 176 cm³/mol. The summed E-state index contributed by atoms with van der Waals surface area (Å²) in [6.45, 7) is 0. The van der Waals surface area contributed by atoms with Crippen molar-refractivity contribution in [1.29, 1.82) is 0 Å². The molecule has 41 heavy (non-hydrogen) atoms. The lowest BCUT2D eigenvalue weighted by atomic mass is 9.90. The normalized spacial score (nSPS) is 11.9. The molecule has 0 bridgehead atoms. The zero-order valence-electron chi connectivity index (χ0n) is 22.4. The van der Waals surface area contributed by atoms with Gasteiger partial charge < -0.3 is 4.57 Å². The van der Waals surface area contributed by atoms with Gasteiger partial charge >= 0.3 is 0 Å². The molecule has 0 aliphatic rings. The molecule has 0 aliphatic carbocycles. The van der Waals surface area contributed by atoms with Gasteiger partial charge in [-0.05, 0) is 90.6 Å². The van der Waals surface area contributed by atoms with Crippen molar-refractivity contribution in [2.24, 2.45) is 0 Å². The zero-order chi connectivity index (χ0) is 26.9.